The maximum absolute atomic E-state index is 11.8. The molecule has 7 nitrogen and oxygen atoms in total. The van der Waals surface area contributed by atoms with Crippen molar-refractivity contribution in [3.63, 3.8) is 0 Å². The van der Waals surface area contributed by atoms with Gasteiger partial charge >= 0.3 is 5.63 Å². The SMILES string of the molecule is CC(=O)c1c(O)oc(=O)c(C(C)=Nc2ccc(N)cc2)c1O. The quantitative estimate of drug-likeness (QED) is 0.452. The summed E-state index contributed by atoms with van der Waals surface area (Å²) in [5.41, 5.74) is 5.04. The van der Waals surface area contributed by atoms with Gasteiger partial charge in [0.25, 0.3) is 5.95 Å². The topological polar surface area (TPSA) is 126 Å². The molecule has 0 amide bonds. The van der Waals surface area contributed by atoms with E-state index in [0.717, 1.165) is 6.92 Å². The van der Waals surface area contributed by atoms with Gasteiger partial charge in [0.05, 0.1) is 11.4 Å². The molecule has 0 aliphatic heterocycles. The number of nitrogens with zero attached hydrogens (tertiary/aromatic N) is 1. The maximum atomic E-state index is 11.8. The van der Waals surface area contributed by atoms with E-state index >= 15 is 0 Å². The first-order chi connectivity index (χ1) is 10.3. The van der Waals surface area contributed by atoms with Crippen LogP contribution < -0.4 is 11.4 Å². The number of hydrogen-bond donors (Lipinski definition) is 3. The number of aromatic hydroxyl groups is 2. The minimum absolute atomic E-state index is 0.138. The first-order valence-electron chi connectivity index (χ1n) is 6.32. The minimum atomic E-state index is -0.989. The summed E-state index contributed by atoms with van der Waals surface area (Å²) >= 11 is 0. The van der Waals surface area contributed by atoms with Crippen molar-refractivity contribution in [1.29, 1.82) is 0 Å². The van der Waals surface area contributed by atoms with Crippen molar-refractivity contribution in [2.75, 3.05) is 5.73 Å². The van der Waals surface area contributed by atoms with Crippen LogP contribution in [0.25, 0.3) is 0 Å². The van der Waals surface area contributed by atoms with E-state index in [9.17, 15) is 19.8 Å². The number of Topliss-reactive ketones (excluding diaryl/α,β-unsaturated/α-hetero) is 1. The fourth-order valence-corrected chi connectivity index (χ4v) is 1.95. The zero-order chi connectivity index (χ0) is 16.4. The van der Waals surface area contributed by atoms with Gasteiger partial charge in [0.1, 0.15) is 16.9 Å². The van der Waals surface area contributed by atoms with Gasteiger partial charge in [-0.05, 0) is 38.1 Å². The highest BCUT2D eigenvalue weighted by Gasteiger charge is 2.23. The van der Waals surface area contributed by atoms with Crippen molar-refractivity contribution in [3.8, 4) is 11.7 Å². The van der Waals surface area contributed by atoms with E-state index in [1.807, 2.05) is 0 Å². The van der Waals surface area contributed by atoms with Crippen molar-refractivity contribution >= 4 is 22.9 Å². The molecule has 0 saturated heterocycles. The summed E-state index contributed by atoms with van der Waals surface area (Å²) in [7, 11) is 0. The van der Waals surface area contributed by atoms with Gasteiger partial charge in [-0.25, -0.2) is 4.79 Å². The first kappa shape index (κ1) is 15.3. The number of anilines is 1. The molecule has 0 aliphatic rings. The Morgan fingerprint density at radius 1 is 1.14 bits per heavy atom. The van der Waals surface area contributed by atoms with E-state index in [0.29, 0.717) is 11.4 Å². The fourth-order valence-electron chi connectivity index (χ4n) is 1.95. The van der Waals surface area contributed by atoms with Crippen molar-refractivity contribution in [1.82, 2.24) is 0 Å². The summed E-state index contributed by atoms with van der Waals surface area (Å²) in [6, 6.07) is 6.52. The van der Waals surface area contributed by atoms with E-state index in [4.69, 9.17) is 5.73 Å². The molecule has 0 aliphatic carbocycles. The predicted molar refractivity (Wildman–Crippen MR) is 81.0 cm³/mol. The molecular formula is C15H14N2O5. The van der Waals surface area contributed by atoms with Crippen LogP contribution in [-0.4, -0.2) is 21.7 Å². The van der Waals surface area contributed by atoms with E-state index in [1.54, 1.807) is 24.3 Å². The first-order valence-corrected chi connectivity index (χ1v) is 6.32. The number of rotatable bonds is 3. The van der Waals surface area contributed by atoms with Gasteiger partial charge in [0.15, 0.2) is 5.78 Å². The number of ketones is 1. The van der Waals surface area contributed by atoms with Crippen LogP contribution in [0.1, 0.15) is 29.8 Å². The van der Waals surface area contributed by atoms with E-state index in [1.165, 1.54) is 6.92 Å². The molecule has 0 spiro atoms. The Hall–Kier alpha value is -3.09. The molecule has 0 radical (unpaired) electrons. The average molecular weight is 302 g/mol. The monoisotopic (exact) mass is 302 g/mol. The number of hydrogen-bond acceptors (Lipinski definition) is 7. The smallest absolute Gasteiger partial charge is 0.351 e. The van der Waals surface area contributed by atoms with Gasteiger partial charge < -0.3 is 20.4 Å². The standard InChI is InChI=1S/C15H14N2O5/c1-7(17-10-5-3-9(16)4-6-10)11-13(19)12(8(2)18)15(21)22-14(11)20/h3-6,19,21H,16H2,1-2H3. The minimum Gasteiger partial charge on any atom is -0.506 e. The Morgan fingerprint density at radius 3 is 2.27 bits per heavy atom. The Bertz CT molecular complexity index is 819. The van der Waals surface area contributed by atoms with Crippen LogP contribution in [0.4, 0.5) is 11.4 Å². The molecule has 4 N–H and O–H groups in total. The maximum Gasteiger partial charge on any atom is 0.351 e. The van der Waals surface area contributed by atoms with Crippen molar-refractivity contribution in [2.24, 2.45) is 4.99 Å². The Labute approximate surface area is 125 Å². The summed E-state index contributed by atoms with van der Waals surface area (Å²) < 4.78 is 4.58. The summed E-state index contributed by atoms with van der Waals surface area (Å²) in [5.74, 6) is -2.21. The van der Waals surface area contributed by atoms with Crippen LogP contribution >= 0.6 is 0 Å². The molecule has 1 heterocycles. The largest absolute Gasteiger partial charge is 0.506 e. The van der Waals surface area contributed by atoms with Crippen LogP contribution in [-0.2, 0) is 0 Å². The van der Waals surface area contributed by atoms with Crippen LogP contribution in [0.15, 0.2) is 38.5 Å². The predicted octanol–water partition coefficient (Wildman–Crippen LogP) is 1.98. The van der Waals surface area contributed by atoms with Crippen LogP contribution in [0.5, 0.6) is 11.7 Å². The Morgan fingerprint density at radius 2 is 1.73 bits per heavy atom. The molecule has 22 heavy (non-hydrogen) atoms. The molecule has 2 aromatic rings. The molecule has 1 aromatic heterocycles. The molecule has 7 heteroatoms. The summed E-state index contributed by atoms with van der Waals surface area (Å²) in [6.07, 6.45) is 0. The number of benzene rings is 1. The van der Waals surface area contributed by atoms with Crippen LogP contribution in [0.2, 0.25) is 0 Å². The highest BCUT2D eigenvalue weighted by atomic mass is 16.5. The number of nitrogens with two attached hydrogens (primary N) is 1. The molecular weight excluding hydrogens is 288 g/mol. The Kier molecular flexibility index (Phi) is 3.98. The highest BCUT2D eigenvalue weighted by molar-refractivity contribution is 6.07. The van der Waals surface area contributed by atoms with E-state index in [2.05, 4.69) is 9.41 Å². The normalized spacial score (nSPS) is 11.5. The second kappa shape index (κ2) is 5.72. The van der Waals surface area contributed by atoms with Gasteiger partial charge in [-0.3, -0.25) is 9.79 Å². The lowest BCUT2D eigenvalue weighted by atomic mass is 10.1. The lowest BCUT2D eigenvalue weighted by molar-refractivity contribution is 0.100. The van der Waals surface area contributed by atoms with Gasteiger partial charge in [0, 0.05) is 5.69 Å². The third-order valence-electron chi connectivity index (χ3n) is 2.98. The number of nitrogen functional groups attached to an aromatic ring is 1. The summed E-state index contributed by atoms with van der Waals surface area (Å²) in [4.78, 5) is 27.4. The molecule has 0 bridgehead atoms. The van der Waals surface area contributed by atoms with Crippen molar-refractivity contribution in [2.45, 2.75) is 13.8 Å². The van der Waals surface area contributed by atoms with Gasteiger partial charge in [0.2, 0.25) is 0 Å². The van der Waals surface area contributed by atoms with E-state index < -0.39 is 28.7 Å². The van der Waals surface area contributed by atoms with Crippen LogP contribution in [0, 0.1) is 0 Å². The van der Waals surface area contributed by atoms with Gasteiger partial charge in [-0.2, -0.15) is 0 Å². The third kappa shape index (κ3) is 2.83. The number of carbonyl (C=O) groups excluding carboxylic acids is 1. The van der Waals surface area contributed by atoms with Crippen molar-refractivity contribution < 1.29 is 19.4 Å². The molecule has 0 unspecified atom stereocenters. The lowest BCUT2D eigenvalue weighted by Gasteiger charge is -2.07. The lowest BCUT2D eigenvalue weighted by Crippen LogP contribution is -2.15. The van der Waals surface area contributed by atoms with Gasteiger partial charge in [-0.1, -0.05) is 0 Å². The fraction of sp³-hybridized carbons (Fsp3) is 0.133. The summed E-state index contributed by atoms with van der Waals surface area (Å²) in [6.45, 7) is 2.61. The second-order valence-electron chi connectivity index (χ2n) is 4.64. The van der Waals surface area contributed by atoms with Crippen LogP contribution in [0.3, 0.4) is 0 Å². The average Bonchev–Trinajstić information content (AvgIpc) is 2.40. The highest BCUT2D eigenvalue weighted by Crippen LogP contribution is 2.29. The second-order valence-corrected chi connectivity index (χ2v) is 4.64. The molecule has 1 aromatic carbocycles. The third-order valence-corrected chi connectivity index (χ3v) is 2.98. The Balaban J connectivity index is 2.61. The molecule has 0 atom stereocenters. The van der Waals surface area contributed by atoms with E-state index in [-0.39, 0.29) is 11.3 Å². The zero-order valence-corrected chi connectivity index (χ0v) is 12.0. The van der Waals surface area contributed by atoms with Crippen molar-refractivity contribution in [3.05, 3.63) is 45.8 Å². The number of carbonyl (C=O) groups is 1. The molecule has 114 valence electrons. The number of aliphatic imine (C=N–C) groups is 1. The molecule has 0 saturated carbocycles. The zero-order valence-electron chi connectivity index (χ0n) is 12.0. The van der Waals surface area contributed by atoms with Gasteiger partial charge in [-0.15, -0.1) is 0 Å². The molecule has 0 fully saturated rings. The molecule has 2 rings (SSSR count). The summed E-state index contributed by atoms with van der Waals surface area (Å²) in [5, 5.41) is 19.5.